The predicted molar refractivity (Wildman–Crippen MR) is 155 cm³/mol. The molecule has 0 spiro atoms. The van der Waals surface area contributed by atoms with Crippen LogP contribution < -0.4 is 4.90 Å². The monoisotopic (exact) mass is 503 g/mol. The van der Waals surface area contributed by atoms with E-state index in [1.807, 2.05) is 73.7 Å². The van der Waals surface area contributed by atoms with Crippen LogP contribution in [0.4, 0.5) is 11.4 Å². The summed E-state index contributed by atoms with van der Waals surface area (Å²) in [6.45, 7) is 9.33. The number of carbonyl (C=O) groups excluding carboxylic acids is 2. The van der Waals surface area contributed by atoms with Gasteiger partial charge in [0.25, 0.3) is 11.8 Å². The van der Waals surface area contributed by atoms with Crippen molar-refractivity contribution >= 4 is 45.0 Å². The lowest BCUT2D eigenvalue weighted by atomic mass is 9.98. The largest absolute Gasteiger partial charge is 0.308 e. The number of nitrogens with zero attached hydrogens (tertiary/aromatic N) is 3. The third kappa shape index (κ3) is 3.32. The highest BCUT2D eigenvalue weighted by Crippen LogP contribution is 2.39. The first-order chi connectivity index (χ1) is 19.1. The highest BCUT2D eigenvalue weighted by atomic mass is 16.2. The summed E-state index contributed by atoms with van der Waals surface area (Å²) < 4.78 is 2.09. The zero-order chi connectivity index (χ0) is 26.7. The molecule has 0 unspecified atom stereocenters. The van der Waals surface area contributed by atoms with Gasteiger partial charge in [0.1, 0.15) is 0 Å². The molecule has 0 atom stereocenters. The molecule has 0 fully saturated rings. The normalized spacial score (nSPS) is 12.8. The summed E-state index contributed by atoms with van der Waals surface area (Å²) in [4.78, 5) is 32.0. The van der Waals surface area contributed by atoms with Crippen LogP contribution in [0.2, 0.25) is 0 Å². The number of hydrogen-bond acceptors (Lipinski definition) is 2. The van der Waals surface area contributed by atoms with Crippen molar-refractivity contribution in [2.45, 2.75) is 6.92 Å². The van der Waals surface area contributed by atoms with Crippen LogP contribution in [0.1, 0.15) is 26.3 Å². The van der Waals surface area contributed by atoms with Gasteiger partial charge in [-0.15, -0.1) is 0 Å². The zero-order valence-corrected chi connectivity index (χ0v) is 21.1. The summed E-state index contributed by atoms with van der Waals surface area (Å²) in [5, 5.41) is 2.10. The molecule has 184 valence electrons. The average Bonchev–Trinajstić information content (AvgIpc) is 3.44. The Morgan fingerprint density at radius 2 is 1.44 bits per heavy atom. The SMILES string of the molecule is [C-]#[N+]c1ccc(-c2ccc3c(c2)c2ccccc2n3-c2cccc3c2C(=O)N(c2ccccc2)C3=O)c(C)c1. The van der Waals surface area contributed by atoms with Crippen LogP contribution in [0.3, 0.4) is 0 Å². The van der Waals surface area contributed by atoms with E-state index >= 15 is 0 Å². The van der Waals surface area contributed by atoms with Gasteiger partial charge in [-0.2, -0.15) is 0 Å². The zero-order valence-electron chi connectivity index (χ0n) is 21.1. The third-order valence-corrected chi connectivity index (χ3v) is 7.47. The van der Waals surface area contributed by atoms with Crippen LogP contribution in [-0.2, 0) is 0 Å². The first kappa shape index (κ1) is 22.7. The molecule has 5 heteroatoms. The quantitative estimate of drug-likeness (QED) is 0.181. The maximum Gasteiger partial charge on any atom is 0.268 e. The molecule has 0 saturated carbocycles. The Morgan fingerprint density at radius 1 is 0.667 bits per heavy atom. The molecule has 7 rings (SSSR count). The van der Waals surface area contributed by atoms with E-state index in [9.17, 15) is 9.59 Å². The minimum Gasteiger partial charge on any atom is -0.308 e. The molecule has 0 radical (unpaired) electrons. The standard InChI is InChI=1S/C34H21N3O2/c1-21-19-23(35-2)16-17-25(21)22-15-18-30-28(20-22)26-11-6-7-13-29(26)37(30)31-14-8-12-27-32(31)34(39)36(33(27)38)24-9-4-3-5-10-24/h3-20H,1H3. The number of fused-ring (bicyclic) bond motifs is 4. The second-order valence-electron chi connectivity index (χ2n) is 9.68. The van der Waals surface area contributed by atoms with Gasteiger partial charge in [0.2, 0.25) is 0 Å². The van der Waals surface area contributed by atoms with E-state index in [2.05, 4.69) is 33.7 Å². The van der Waals surface area contributed by atoms with Crippen LogP contribution in [0.15, 0.2) is 109 Å². The molecule has 39 heavy (non-hydrogen) atoms. The van der Waals surface area contributed by atoms with E-state index in [0.29, 0.717) is 28.2 Å². The number of aryl methyl sites for hydroxylation is 1. The molecule has 2 amide bonds. The Hall–Kier alpha value is -5.47. The lowest BCUT2D eigenvalue weighted by Crippen LogP contribution is -2.29. The van der Waals surface area contributed by atoms with Gasteiger partial charge in [-0.1, -0.05) is 72.3 Å². The number of benzene rings is 5. The van der Waals surface area contributed by atoms with Crippen molar-refractivity contribution in [3.63, 3.8) is 0 Å². The highest BCUT2D eigenvalue weighted by molar-refractivity contribution is 6.35. The van der Waals surface area contributed by atoms with E-state index in [0.717, 1.165) is 38.5 Å². The molecule has 6 aromatic rings. The lowest BCUT2D eigenvalue weighted by molar-refractivity contribution is 0.0926. The Bertz CT molecular complexity index is 2030. The van der Waals surface area contributed by atoms with Crippen LogP contribution in [0, 0.1) is 13.5 Å². The average molecular weight is 504 g/mol. The predicted octanol–water partition coefficient (Wildman–Crippen LogP) is 8.11. The van der Waals surface area contributed by atoms with E-state index in [4.69, 9.17) is 6.57 Å². The summed E-state index contributed by atoms with van der Waals surface area (Å²) in [7, 11) is 0. The number of anilines is 1. The third-order valence-electron chi connectivity index (χ3n) is 7.47. The fraction of sp³-hybridized carbons (Fsp3) is 0.0294. The lowest BCUT2D eigenvalue weighted by Gasteiger charge is -2.14. The topological polar surface area (TPSA) is 46.7 Å². The highest BCUT2D eigenvalue weighted by Gasteiger charge is 2.39. The number of imide groups is 1. The Morgan fingerprint density at radius 3 is 2.23 bits per heavy atom. The number of aromatic nitrogens is 1. The van der Waals surface area contributed by atoms with Gasteiger partial charge < -0.3 is 4.57 Å². The van der Waals surface area contributed by atoms with Crippen LogP contribution in [0.5, 0.6) is 0 Å². The van der Waals surface area contributed by atoms with Crippen molar-refractivity contribution in [3.05, 3.63) is 137 Å². The van der Waals surface area contributed by atoms with E-state index in [-0.39, 0.29) is 11.8 Å². The second-order valence-corrected chi connectivity index (χ2v) is 9.68. The van der Waals surface area contributed by atoms with Crippen molar-refractivity contribution in [2.24, 2.45) is 0 Å². The molecule has 1 aliphatic heterocycles. The van der Waals surface area contributed by atoms with Gasteiger partial charge in [-0.3, -0.25) is 9.59 Å². The van der Waals surface area contributed by atoms with Crippen molar-refractivity contribution in [3.8, 4) is 16.8 Å². The van der Waals surface area contributed by atoms with Crippen molar-refractivity contribution < 1.29 is 9.59 Å². The van der Waals surface area contributed by atoms with Gasteiger partial charge in [-0.25, -0.2) is 9.74 Å². The Kier molecular flexibility index (Phi) is 4.97. The fourth-order valence-corrected chi connectivity index (χ4v) is 5.71. The van der Waals surface area contributed by atoms with Gasteiger partial charge in [0, 0.05) is 10.8 Å². The van der Waals surface area contributed by atoms with Crippen LogP contribution >= 0.6 is 0 Å². The molecule has 1 aliphatic rings. The van der Waals surface area contributed by atoms with Gasteiger partial charge in [0.05, 0.1) is 40.1 Å². The fourth-order valence-electron chi connectivity index (χ4n) is 5.71. The number of rotatable bonds is 3. The Balaban J connectivity index is 1.46. The van der Waals surface area contributed by atoms with Gasteiger partial charge in [-0.05, 0) is 60.5 Å². The number of amides is 2. The smallest absolute Gasteiger partial charge is 0.268 e. The van der Waals surface area contributed by atoms with Crippen LogP contribution in [0.25, 0.3) is 43.5 Å². The molecule has 0 N–H and O–H groups in total. The van der Waals surface area contributed by atoms with Gasteiger partial charge >= 0.3 is 0 Å². The summed E-state index contributed by atoms with van der Waals surface area (Å²) in [5.74, 6) is -0.640. The minimum absolute atomic E-state index is 0.315. The number of para-hydroxylation sites is 2. The summed E-state index contributed by atoms with van der Waals surface area (Å²) >= 11 is 0. The summed E-state index contributed by atoms with van der Waals surface area (Å²) in [6, 6.07) is 34.7. The molecular formula is C34H21N3O2. The summed E-state index contributed by atoms with van der Waals surface area (Å²) in [5.41, 5.74) is 7.73. The molecule has 0 bridgehead atoms. The van der Waals surface area contributed by atoms with E-state index < -0.39 is 0 Å². The van der Waals surface area contributed by atoms with Gasteiger partial charge in [0.15, 0.2) is 5.69 Å². The molecule has 1 aromatic heterocycles. The second kappa shape index (κ2) is 8.54. The maximum atomic E-state index is 13.8. The first-order valence-electron chi connectivity index (χ1n) is 12.7. The molecule has 5 aromatic carbocycles. The molecular weight excluding hydrogens is 482 g/mol. The summed E-state index contributed by atoms with van der Waals surface area (Å²) in [6.07, 6.45) is 0. The van der Waals surface area contributed by atoms with Crippen molar-refractivity contribution in [2.75, 3.05) is 4.90 Å². The minimum atomic E-state index is -0.324. The van der Waals surface area contributed by atoms with Crippen LogP contribution in [-0.4, -0.2) is 16.4 Å². The Labute approximate surface area is 225 Å². The molecule has 5 nitrogen and oxygen atoms in total. The van der Waals surface area contributed by atoms with E-state index in [1.165, 1.54) is 4.90 Å². The number of hydrogen-bond donors (Lipinski definition) is 0. The van der Waals surface area contributed by atoms with Crippen molar-refractivity contribution in [1.29, 1.82) is 0 Å². The molecule has 0 aliphatic carbocycles. The van der Waals surface area contributed by atoms with Crippen molar-refractivity contribution in [1.82, 2.24) is 4.57 Å². The molecule has 0 saturated heterocycles. The van der Waals surface area contributed by atoms with E-state index in [1.54, 1.807) is 18.2 Å². The maximum absolute atomic E-state index is 13.8. The molecule has 2 heterocycles. The number of carbonyl (C=O) groups is 2. The first-order valence-corrected chi connectivity index (χ1v) is 12.7.